The molecule has 4 nitrogen and oxygen atoms in total. The van der Waals surface area contributed by atoms with Gasteiger partial charge in [0.1, 0.15) is 5.78 Å². The lowest BCUT2D eigenvalue weighted by Gasteiger charge is -2.15. The smallest absolute Gasteiger partial charge is 0.306 e. The summed E-state index contributed by atoms with van der Waals surface area (Å²) in [5.74, 6) is -0.0540. The maximum absolute atomic E-state index is 12.4. The molecule has 0 aromatic rings. The second kappa shape index (κ2) is 36.0. The van der Waals surface area contributed by atoms with Crippen molar-refractivity contribution in [3.05, 3.63) is 12.7 Å². The molecule has 0 amide bonds. The summed E-state index contributed by atoms with van der Waals surface area (Å²) in [6.07, 6.45) is 23.1. The van der Waals surface area contributed by atoms with Crippen molar-refractivity contribution >= 4 is 11.8 Å². The predicted molar refractivity (Wildman–Crippen MR) is 157 cm³/mol. The molecule has 36 heavy (non-hydrogen) atoms. The molecule has 0 saturated heterocycles. The van der Waals surface area contributed by atoms with Crippen molar-refractivity contribution in [3.8, 4) is 0 Å². The number of unbranched alkanes of at least 4 members (excludes halogenated alkanes) is 12. The van der Waals surface area contributed by atoms with Gasteiger partial charge in [-0.2, -0.15) is 0 Å². The zero-order valence-corrected chi connectivity index (χ0v) is 25.1. The summed E-state index contributed by atoms with van der Waals surface area (Å²) >= 11 is 0. The minimum absolute atomic E-state index is 0.125. The van der Waals surface area contributed by atoms with Gasteiger partial charge in [0.05, 0.1) is 13.0 Å². The molecular formula is C32H64O4. The number of aliphatic hydroxyl groups excluding tert-OH is 1. The van der Waals surface area contributed by atoms with Gasteiger partial charge < -0.3 is 9.84 Å². The number of Topliss-reactive ketones (excluding diaryl/α,β-unsaturated/α-hetero) is 1. The van der Waals surface area contributed by atoms with Crippen molar-refractivity contribution in [3.63, 3.8) is 0 Å². The van der Waals surface area contributed by atoms with Gasteiger partial charge in [0.25, 0.3) is 0 Å². The molecule has 0 aliphatic carbocycles. The zero-order valence-electron chi connectivity index (χ0n) is 25.1. The Morgan fingerprint density at radius 3 is 1.72 bits per heavy atom. The van der Waals surface area contributed by atoms with Crippen LogP contribution in [-0.4, -0.2) is 30.1 Å². The molecule has 0 spiro atoms. The lowest BCUT2D eigenvalue weighted by Crippen LogP contribution is -2.20. The molecule has 1 atom stereocenters. The first-order chi connectivity index (χ1) is 17.5. The van der Waals surface area contributed by atoms with E-state index in [-0.39, 0.29) is 24.1 Å². The first-order valence-corrected chi connectivity index (χ1v) is 15.4. The second-order valence-corrected chi connectivity index (χ2v) is 9.82. The summed E-state index contributed by atoms with van der Waals surface area (Å²) in [6, 6.07) is 0. The molecule has 0 aromatic carbocycles. The van der Waals surface area contributed by atoms with E-state index in [0.29, 0.717) is 19.6 Å². The maximum atomic E-state index is 12.4. The molecule has 1 N–H and O–H groups in total. The monoisotopic (exact) mass is 512 g/mol. The van der Waals surface area contributed by atoms with E-state index in [9.17, 15) is 9.59 Å². The van der Waals surface area contributed by atoms with Crippen LogP contribution in [0.4, 0.5) is 0 Å². The molecule has 0 aliphatic heterocycles. The van der Waals surface area contributed by atoms with Crippen LogP contribution >= 0.6 is 0 Å². The average Bonchev–Trinajstić information content (AvgIpc) is 2.88. The zero-order chi connectivity index (χ0) is 27.7. The molecule has 0 heterocycles. The minimum atomic E-state index is -0.190. The van der Waals surface area contributed by atoms with E-state index in [1.165, 1.54) is 64.2 Å². The van der Waals surface area contributed by atoms with E-state index in [2.05, 4.69) is 41.2 Å². The van der Waals surface area contributed by atoms with Gasteiger partial charge in [-0.3, -0.25) is 9.59 Å². The molecule has 0 aromatic heterocycles. The predicted octanol–water partition coefficient (Wildman–Crippen LogP) is 9.77. The molecule has 0 rings (SSSR count). The quantitative estimate of drug-likeness (QED) is 0.0840. The van der Waals surface area contributed by atoms with E-state index in [4.69, 9.17) is 9.84 Å². The number of ketones is 1. The average molecular weight is 513 g/mol. The van der Waals surface area contributed by atoms with Crippen molar-refractivity contribution in [2.45, 2.75) is 163 Å². The molecule has 0 fully saturated rings. The van der Waals surface area contributed by atoms with E-state index in [0.717, 1.165) is 51.4 Å². The van der Waals surface area contributed by atoms with Gasteiger partial charge in [0.15, 0.2) is 0 Å². The number of ether oxygens (including phenoxy) is 1. The van der Waals surface area contributed by atoms with Crippen LogP contribution in [0, 0.1) is 5.92 Å². The number of carbonyl (C=O) groups is 2. The number of rotatable bonds is 23. The van der Waals surface area contributed by atoms with Crippen molar-refractivity contribution in [2.24, 2.45) is 5.92 Å². The van der Waals surface area contributed by atoms with Crippen molar-refractivity contribution < 1.29 is 19.4 Å². The highest BCUT2D eigenvalue weighted by molar-refractivity contribution is 5.85. The fourth-order valence-corrected chi connectivity index (χ4v) is 3.62. The Balaban J connectivity index is -0.000000682. The molecule has 0 saturated carbocycles. The Bertz CT molecular complexity index is 443. The van der Waals surface area contributed by atoms with Crippen LogP contribution in [0.1, 0.15) is 163 Å². The second-order valence-electron chi connectivity index (χ2n) is 9.82. The Morgan fingerprint density at radius 2 is 1.25 bits per heavy atom. The Labute approximate surface area is 226 Å². The Morgan fingerprint density at radius 1 is 0.722 bits per heavy atom. The number of carbonyl (C=O) groups excluding carboxylic acids is 2. The molecule has 216 valence electrons. The topological polar surface area (TPSA) is 63.6 Å². The number of esters is 1. The SMILES string of the molecule is C=CCCCC.CCCCCCO.CCCCCCOC(=O)CC(CCCC)C(=O)CCCCCC. The number of aliphatic hydroxyl groups is 1. The van der Waals surface area contributed by atoms with Crippen LogP contribution in [0.3, 0.4) is 0 Å². The molecular weight excluding hydrogens is 448 g/mol. The minimum Gasteiger partial charge on any atom is -0.466 e. The standard InChI is InChI=1S/C20H38O3.C6H14O.C6H12/c1-4-7-10-12-15-19(21)18(14-9-6-3)17-20(22)23-16-13-11-8-5-2;1-2-3-4-5-6-7;1-3-5-6-4-2/h18H,4-17H2,1-3H3;7H,2-6H2,1H3;3H,1,4-6H2,2H3. The van der Waals surface area contributed by atoms with Crippen molar-refractivity contribution in [1.82, 2.24) is 0 Å². The molecule has 0 aliphatic rings. The summed E-state index contributed by atoms with van der Waals surface area (Å²) in [5.41, 5.74) is 0. The third-order valence-electron chi connectivity index (χ3n) is 6.09. The third-order valence-corrected chi connectivity index (χ3v) is 6.09. The molecule has 4 heteroatoms. The lowest BCUT2D eigenvalue weighted by atomic mass is 9.91. The number of hydrogen-bond donors (Lipinski definition) is 1. The van der Waals surface area contributed by atoms with Gasteiger partial charge in [0.2, 0.25) is 0 Å². The first kappa shape index (κ1) is 39.4. The highest BCUT2D eigenvalue weighted by Gasteiger charge is 2.21. The first-order valence-electron chi connectivity index (χ1n) is 15.4. The lowest BCUT2D eigenvalue weighted by molar-refractivity contribution is -0.146. The fraction of sp³-hybridized carbons (Fsp3) is 0.875. The van der Waals surface area contributed by atoms with Gasteiger partial charge in [-0.1, -0.05) is 124 Å². The number of hydrogen-bond acceptors (Lipinski definition) is 4. The van der Waals surface area contributed by atoms with E-state index >= 15 is 0 Å². The number of allylic oxidation sites excluding steroid dienone is 1. The van der Waals surface area contributed by atoms with Gasteiger partial charge in [-0.25, -0.2) is 0 Å². The summed E-state index contributed by atoms with van der Waals surface area (Å²) in [4.78, 5) is 24.3. The van der Waals surface area contributed by atoms with Crippen LogP contribution in [0.25, 0.3) is 0 Å². The van der Waals surface area contributed by atoms with E-state index < -0.39 is 0 Å². The largest absolute Gasteiger partial charge is 0.466 e. The van der Waals surface area contributed by atoms with E-state index in [1.807, 2.05) is 6.08 Å². The summed E-state index contributed by atoms with van der Waals surface area (Å²) < 4.78 is 5.30. The van der Waals surface area contributed by atoms with Gasteiger partial charge in [-0.05, 0) is 32.1 Å². The molecule has 0 radical (unpaired) electrons. The maximum Gasteiger partial charge on any atom is 0.306 e. The van der Waals surface area contributed by atoms with Crippen molar-refractivity contribution in [1.29, 1.82) is 0 Å². The molecule has 1 unspecified atom stereocenters. The van der Waals surface area contributed by atoms with E-state index in [1.54, 1.807) is 0 Å². The van der Waals surface area contributed by atoms with Crippen LogP contribution in [0.15, 0.2) is 12.7 Å². The van der Waals surface area contributed by atoms with Gasteiger partial charge in [0, 0.05) is 18.9 Å². The highest BCUT2D eigenvalue weighted by Crippen LogP contribution is 2.19. The Hall–Kier alpha value is -1.16. The van der Waals surface area contributed by atoms with Crippen LogP contribution in [0.5, 0.6) is 0 Å². The summed E-state index contributed by atoms with van der Waals surface area (Å²) in [5, 5.41) is 8.29. The van der Waals surface area contributed by atoms with Crippen LogP contribution < -0.4 is 0 Å². The molecule has 0 bridgehead atoms. The fourth-order valence-electron chi connectivity index (χ4n) is 3.62. The highest BCUT2D eigenvalue weighted by atomic mass is 16.5. The van der Waals surface area contributed by atoms with Gasteiger partial charge >= 0.3 is 5.97 Å². The van der Waals surface area contributed by atoms with Crippen molar-refractivity contribution in [2.75, 3.05) is 13.2 Å². The summed E-state index contributed by atoms with van der Waals surface area (Å²) in [6.45, 7) is 15.3. The van der Waals surface area contributed by atoms with Crippen LogP contribution in [-0.2, 0) is 14.3 Å². The van der Waals surface area contributed by atoms with Gasteiger partial charge in [-0.15, -0.1) is 6.58 Å². The normalized spacial score (nSPS) is 10.9. The third kappa shape index (κ3) is 35.0. The van der Waals surface area contributed by atoms with Crippen LogP contribution in [0.2, 0.25) is 0 Å². The Kier molecular flexibility index (Phi) is 39.4. The summed E-state index contributed by atoms with van der Waals surface area (Å²) in [7, 11) is 0.